The summed E-state index contributed by atoms with van der Waals surface area (Å²) in [5.74, 6) is 0.864. The Hall–Kier alpha value is -0.580. The summed E-state index contributed by atoms with van der Waals surface area (Å²) in [5, 5.41) is 3.45. The molecule has 1 aromatic rings. The summed E-state index contributed by atoms with van der Waals surface area (Å²) in [4.78, 5) is 0. The Bertz CT molecular complexity index is 375. The van der Waals surface area contributed by atoms with Crippen LogP contribution in [0.3, 0.4) is 0 Å². The number of benzene rings is 1. The first-order valence-electron chi connectivity index (χ1n) is 6.16. The van der Waals surface area contributed by atoms with E-state index in [0.29, 0.717) is 13.4 Å². The van der Waals surface area contributed by atoms with Crippen molar-refractivity contribution < 1.29 is 9.47 Å². The van der Waals surface area contributed by atoms with Gasteiger partial charge in [-0.25, -0.2) is 0 Å². The molecule has 3 nitrogen and oxygen atoms in total. The van der Waals surface area contributed by atoms with Crippen LogP contribution in [0.5, 0.6) is 5.75 Å². The van der Waals surface area contributed by atoms with Crippen molar-refractivity contribution in [2.75, 3.05) is 13.4 Å². The standard InChI is InChI=1S/C14H22BrNO2/c1-5-17-10-18-13-7-6-12(15)8-11(13)9-16-14(2,3)4/h6-8,16H,5,9-10H2,1-4H3. The molecule has 0 aliphatic carbocycles. The van der Waals surface area contributed by atoms with Gasteiger partial charge in [0.2, 0.25) is 0 Å². The lowest BCUT2D eigenvalue weighted by Crippen LogP contribution is -2.35. The largest absolute Gasteiger partial charge is 0.467 e. The van der Waals surface area contributed by atoms with E-state index in [1.54, 1.807) is 0 Å². The molecule has 0 atom stereocenters. The Balaban J connectivity index is 2.70. The average Bonchev–Trinajstić information content (AvgIpc) is 2.28. The quantitative estimate of drug-likeness (QED) is 0.641. The highest BCUT2D eigenvalue weighted by molar-refractivity contribution is 9.10. The Morgan fingerprint density at radius 3 is 2.61 bits per heavy atom. The maximum atomic E-state index is 5.61. The minimum Gasteiger partial charge on any atom is -0.467 e. The van der Waals surface area contributed by atoms with E-state index in [0.717, 1.165) is 22.3 Å². The Kier molecular flexibility index (Phi) is 6.12. The molecule has 0 heterocycles. The molecule has 0 radical (unpaired) electrons. The minimum absolute atomic E-state index is 0.0828. The Labute approximate surface area is 118 Å². The van der Waals surface area contributed by atoms with E-state index < -0.39 is 0 Å². The summed E-state index contributed by atoms with van der Waals surface area (Å²) in [5.41, 5.74) is 1.21. The highest BCUT2D eigenvalue weighted by Gasteiger charge is 2.11. The average molecular weight is 316 g/mol. The van der Waals surface area contributed by atoms with E-state index in [1.165, 1.54) is 0 Å². The van der Waals surface area contributed by atoms with Gasteiger partial charge in [0.15, 0.2) is 6.79 Å². The smallest absolute Gasteiger partial charge is 0.189 e. The molecule has 4 heteroatoms. The van der Waals surface area contributed by atoms with Gasteiger partial charge in [-0.2, -0.15) is 0 Å². The van der Waals surface area contributed by atoms with Crippen LogP contribution in [-0.2, 0) is 11.3 Å². The molecule has 0 saturated heterocycles. The van der Waals surface area contributed by atoms with Gasteiger partial charge in [0, 0.05) is 28.7 Å². The highest BCUT2D eigenvalue weighted by Crippen LogP contribution is 2.23. The summed E-state index contributed by atoms with van der Waals surface area (Å²) in [6.45, 7) is 10.1. The number of halogens is 1. The molecular weight excluding hydrogens is 294 g/mol. The van der Waals surface area contributed by atoms with E-state index in [4.69, 9.17) is 9.47 Å². The third kappa shape index (κ3) is 5.85. The molecule has 18 heavy (non-hydrogen) atoms. The van der Waals surface area contributed by atoms with Crippen LogP contribution in [0.1, 0.15) is 33.3 Å². The molecule has 0 amide bonds. The van der Waals surface area contributed by atoms with Crippen molar-refractivity contribution in [2.45, 2.75) is 39.8 Å². The fourth-order valence-corrected chi connectivity index (χ4v) is 1.78. The van der Waals surface area contributed by atoms with Gasteiger partial charge < -0.3 is 14.8 Å². The first kappa shape index (κ1) is 15.5. The molecule has 0 fully saturated rings. The number of hydrogen-bond acceptors (Lipinski definition) is 3. The van der Waals surface area contributed by atoms with Crippen LogP contribution in [0.25, 0.3) is 0 Å². The van der Waals surface area contributed by atoms with Crippen molar-refractivity contribution >= 4 is 15.9 Å². The number of hydrogen-bond donors (Lipinski definition) is 1. The summed E-state index contributed by atoms with van der Waals surface area (Å²) in [6, 6.07) is 6.00. The third-order valence-electron chi connectivity index (χ3n) is 2.33. The summed E-state index contributed by atoms with van der Waals surface area (Å²) in [6.07, 6.45) is 0. The summed E-state index contributed by atoms with van der Waals surface area (Å²) in [7, 11) is 0. The second-order valence-corrected chi connectivity index (χ2v) is 6.03. The van der Waals surface area contributed by atoms with Crippen LogP contribution < -0.4 is 10.1 Å². The molecule has 0 bridgehead atoms. The molecule has 1 rings (SSSR count). The van der Waals surface area contributed by atoms with Crippen molar-refractivity contribution in [1.82, 2.24) is 5.32 Å². The lowest BCUT2D eigenvalue weighted by molar-refractivity contribution is 0.0217. The molecule has 1 aromatic carbocycles. The van der Waals surface area contributed by atoms with Gasteiger partial charge in [0.1, 0.15) is 5.75 Å². The fraction of sp³-hybridized carbons (Fsp3) is 0.571. The van der Waals surface area contributed by atoms with E-state index in [9.17, 15) is 0 Å². The van der Waals surface area contributed by atoms with Crippen LogP contribution >= 0.6 is 15.9 Å². The first-order valence-corrected chi connectivity index (χ1v) is 6.95. The number of rotatable bonds is 6. The summed E-state index contributed by atoms with van der Waals surface area (Å²) < 4.78 is 11.9. The maximum absolute atomic E-state index is 5.61. The van der Waals surface area contributed by atoms with Crippen LogP contribution in [0.4, 0.5) is 0 Å². The monoisotopic (exact) mass is 315 g/mol. The number of ether oxygens (including phenoxy) is 2. The zero-order valence-electron chi connectivity index (χ0n) is 11.5. The van der Waals surface area contributed by atoms with Crippen LogP contribution in [-0.4, -0.2) is 18.9 Å². The SMILES string of the molecule is CCOCOc1ccc(Br)cc1CNC(C)(C)C. The topological polar surface area (TPSA) is 30.5 Å². The van der Waals surface area contributed by atoms with Crippen molar-refractivity contribution in [3.8, 4) is 5.75 Å². The highest BCUT2D eigenvalue weighted by atomic mass is 79.9. The second-order valence-electron chi connectivity index (χ2n) is 5.11. The fourth-order valence-electron chi connectivity index (χ4n) is 1.38. The van der Waals surface area contributed by atoms with E-state index >= 15 is 0 Å². The third-order valence-corrected chi connectivity index (χ3v) is 2.83. The molecule has 0 saturated carbocycles. The lowest BCUT2D eigenvalue weighted by atomic mass is 10.1. The molecule has 1 N–H and O–H groups in total. The van der Waals surface area contributed by atoms with Crippen LogP contribution in [0.2, 0.25) is 0 Å². The molecule has 0 unspecified atom stereocenters. The molecule has 0 aliphatic rings. The molecule has 0 spiro atoms. The van der Waals surface area contributed by atoms with Crippen molar-refractivity contribution in [1.29, 1.82) is 0 Å². The van der Waals surface area contributed by atoms with E-state index in [2.05, 4.69) is 48.1 Å². The maximum Gasteiger partial charge on any atom is 0.189 e. The first-order chi connectivity index (χ1) is 8.42. The van der Waals surface area contributed by atoms with Gasteiger partial charge in [-0.1, -0.05) is 15.9 Å². The Morgan fingerprint density at radius 2 is 2.00 bits per heavy atom. The molecular formula is C14H22BrNO2. The van der Waals surface area contributed by atoms with E-state index in [-0.39, 0.29) is 5.54 Å². The van der Waals surface area contributed by atoms with Gasteiger partial charge >= 0.3 is 0 Å². The minimum atomic E-state index is 0.0828. The lowest BCUT2D eigenvalue weighted by Gasteiger charge is -2.21. The van der Waals surface area contributed by atoms with Gasteiger partial charge in [0.05, 0.1) is 0 Å². The normalized spacial score (nSPS) is 11.6. The molecule has 102 valence electrons. The zero-order valence-corrected chi connectivity index (χ0v) is 13.1. The van der Waals surface area contributed by atoms with Crippen LogP contribution in [0.15, 0.2) is 22.7 Å². The molecule has 0 aromatic heterocycles. The van der Waals surface area contributed by atoms with Crippen LogP contribution in [0, 0.1) is 0 Å². The van der Waals surface area contributed by atoms with E-state index in [1.807, 2.05) is 19.1 Å². The van der Waals surface area contributed by atoms with Gasteiger partial charge in [-0.15, -0.1) is 0 Å². The van der Waals surface area contributed by atoms with Gasteiger partial charge in [0.25, 0.3) is 0 Å². The zero-order chi connectivity index (χ0) is 13.6. The van der Waals surface area contributed by atoms with Gasteiger partial charge in [-0.05, 0) is 45.9 Å². The predicted octanol–water partition coefficient (Wildman–Crippen LogP) is 3.71. The van der Waals surface area contributed by atoms with Gasteiger partial charge in [-0.3, -0.25) is 0 Å². The summed E-state index contributed by atoms with van der Waals surface area (Å²) >= 11 is 3.48. The second kappa shape index (κ2) is 7.12. The predicted molar refractivity (Wildman–Crippen MR) is 77.9 cm³/mol. The van der Waals surface area contributed by atoms with Crippen molar-refractivity contribution in [3.05, 3.63) is 28.2 Å². The van der Waals surface area contributed by atoms with Crippen molar-refractivity contribution in [2.24, 2.45) is 0 Å². The van der Waals surface area contributed by atoms with Crippen molar-refractivity contribution in [3.63, 3.8) is 0 Å². The molecule has 0 aliphatic heterocycles. The Morgan fingerprint density at radius 1 is 1.28 bits per heavy atom. The number of nitrogens with one attached hydrogen (secondary N) is 1.